The van der Waals surface area contributed by atoms with Crippen LogP contribution in [-0.4, -0.2) is 17.7 Å². The van der Waals surface area contributed by atoms with Gasteiger partial charge in [0.05, 0.1) is 17.2 Å². The van der Waals surface area contributed by atoms with Crippen molar-refractivity contribution in [2.45, 2.75) is 26.1 Å². The highest BCUT2D eigenvalue weighted by Gasteiger charge is 2.36. The highest BCUT2D eigenvalue weighted by atomic mass is 35.5. The monoisotopic (exact) mass is 383 g/mol. The minimum atomic E-state index is -4.67. The van der Waals surface area contributed by atoms with Crippen molar-refractivity contribution < 1.29 is 22.8 Å². The highest BCUT2D eigenvalue weighted by molar-refractivity contribution is 6.30. The molecule has 2 aromatic carbocycles. The van der Waals surface area contributed by atoms with Gasteiger partial charge in [-0.25, -0.2) is 0 Å². The molecular formula is C19H17ClF3NO2. The van der Waals surface area contributed by atoms with E-state index in [1.54, 1.807) is 13.8 Å². The first kappa shape index (κ1) is 20.0. The molecular weight excluding hydrogens is 367 g/mol. The van der Waals surface area contributed by atoms with E-state index in [4.69, 9.17) is 11.6 Å². The Bertz CT molecular complexity index is 801. The van der Waals surface area contributed by atoms with Gasteiger partial charge in [-0.15, -0.1) is 0 Å². The molecule has 1 atom stereocenters. The molecule has 0 aliphatic carbocycles. The molecule has 0 aromatic heterocycles. The van der Waals surface area contributed by atoms with Crippen LogP contribution in [0.25, 0.3) is 0 Å². The smallest absolute Gasteiger partial charge is 0.342 e. The minimum absolute atomic E-state index is 0.317. The molecule has 7 heteroatoms. The maximum absolute atomic E-state index is 13.1. The zero-order valence-electron chi connectivity index (χ0n) is 14.1. The summed E-state index contributed by atoms with van der Waals surface area (Å²) in [5.41, 5.74) is -1.24. The molecule has 0 aliphatic rings. The van der Waals surface area contributed by atoms with Gasteiger partial charge >= 0.3 is 6.18 Å². The number of alkyl halides is 3. The Morgan fingerprint density at radius 2 is 1.58 bits per heavy atom. The largest absolute Gasteiger partial charge is 0.417 e. The normalized spacial score (nSPS) is 12.7. The van der Waals surface area contributed by atoms with E-state index in [0.717, 1.165) is 12.1 Å². The number of hydrogen-bond acceptors (Lipinski definition) is 2. The van der Waals surface area contributed by atoms with Crippen LogP contribution in [0.15, 0.2) is 48.5 Å². The van der Waals surface area contributed by atoms with Gasteiger partial charge in [-0.1, -0.05) is 37.6 Å². The Balaban J connectivity index is 2.30. The maximum Gasteiger partial charge on any atom is 0.417 e. The summed E-state index contributed by atoms with van der Waals surface area (Å²) in [5, 5.41) is 2.89. The van der Waals surface area contributed by atoms with E-state index in [9.17, 15) is 22.8 Å². The maximum atomic E-state index is 13.1. The number of rotatable bonds is 5. The lowest BCUT2D eigenvalue weighted by atomic mass is 9.94. The molecule has 3 nitrogen and oxygen atoms in total. The fraction of sp³-hybridized carbons (Fsp3) is 0.263. The lowest BCUT2D eigenvalue weighted by molar-refractivity contribution is -0.137. The second kappa shape index (κ2) is 7.91. The number of carbonyl (C=O) groups is 2. The molecule has 0 saturated carbocycles. The zero-order chi connectivity index (χ0) is 19.5. The van der Waals surface area contributed by atoms with Crippen molar-refractivity contribution in [3.8, 4) is 0 Å². The summed E-state index contributed by atoms with van der Waals surface area (Å²) in [6.07, 6.45) is -4.67. The van der Waals surface area contributed by atoms with Gasteiger partial charge < -0.3 is 5.32 Å². The number of carbonyl (C=O) groups excluding carboxylic acids is 2. The van der Waals surface area contributed by atoms with Crippen molar-refractivity contribution in [3.05, 3.63) is 70.2 Å². The summed E-state index contributed by atoms with van der Waals surface area (Å²) < 4.78 is 39.3. The van der Waals surface area contributed by atoms with Crippen LogP contribution < -0.4 is 5.32 Å². The molecule has 0 spiro atoms. The molecule has 0 fully saturated rings. The molecule has 138 valence electrons. The van der Waals surface area contributed by atoms with Gasteiger partial charge in [0.2, 0.25) is 0 Å². The first-order valence-electron chi connectivity index (χ1n) is 7.88. The standard InChI is InChI=1S/C19H17ClF3NO2/c1-11(2)16(17(25)12-7-9-13(20)10-8-12)24-18(26)14-5-3-4-6-15(14)19(21,22)23/h3-11,16H,1-2H3,(H,24,26). The molecule has 26 heavy (non-hydrogen) atoms. The SMILES string of the molecule is CC(C)C(NC(=O)c1ccccc1C(F)(F)F)C(=O)c1ccc(Cl)cc1. The number of ketones is 1. The Morgan fingerprint density at radius 3 is 2.12 bits per heavy atom. The zero-order valence-corrected chi connectivity index (χ0v) is 14.9. The predicted octanol–water partition coefficient (Wildman–Crippen LogP) is 5.00. The van der Waals surface area contributed by atoms with Gasteiger partial charge in [0, 0.05) is 10.6 Å². The average Bonchev–Trinajstić information content (AvgIpc) is 2.58. The van der Waals surface area contributed by atoms with E-state index in [1.165, 1.54) is 36.4 Å². The number of halogens is 4. The Morgan fingerprint density at radius 1 is 1.00 bits per heavy atom. The summed E-state index contributed by atoms with van der Waals surface area (Å²) in [7, 11) is 0. The number of amides is 1. The van der Waals surface area contributed by atoms with Crippen LogP contribution in [0.1, 0.15) is 40.1 Å². The summed E-state index contributed by atoms with van der Waals surface area (Å²) >= 11 is 5.80. The van der Waals surface area contributed by atoms with Crippen LogP contribution >= 0.6 is 11.6 Å². The Kier molecular flexibility index (Phi) is 6.08. The Hall–Kier alpha value is -2.34. The van der Waals surface area contributed by atoms with Gasteiger partial charge in [-0.2, -0.15) is 13.2 Å². The summed E-state index contributed by atoms with van der Waals surface area (Å²) in [5.74, 6) is -1.66. The van der Waals surface area contributed by atoms with Crippen molar-refractivity contribution in [2.24, 2.45) is 5.92 Å². The van der Waals surface area contributed by atoms with Crippen LogP contribution in [0.5, 0.6) is 0 Å². The van der Waals surface area contributed by atoms with Gasteiger partial charge in [-0.05, 0) is 42.3 Å². The molecule has 0 aliphatic heterocycles. The molecule has 0 saturated heterocycles. The highest BCUT2D eigenvalue weighted by Crippen LogP contribution is 2.32. The lowest BCUT2D eigenvalue weighted by Crippen LogP contribution is -2.44. The third-order valence-corrected chi connectivity index (χ3v) is 4.09. The van der Waals surface area contributed by atoms with Crippen molar-refractivity contribution in [3.63, 3.8) is 0 Å². The van der Waals surface area contributed by atoms with Crippen LogP contribution in [0.4, 0.5) is 13.2 Å². The minimum Gasteiger partial charge on any atom is -0.342 e. The average molecular weight is 384 g/mol. The van der Waals surface area contributed by atoms with Crippen molar-refractivity contribution >= 4 is 23.3 Å². The number of Topliss-reactive ketones (excluding diaryl/α,β-unsaturated/α-hetero) is 1. The number of hydrogen-bond donors (Lipinski definition) is 1. The van der Waals surface area contributed by atoms with Gasteiger partial charge in [0.1, 0.15) is 0 Å². The molecule has 1 unspecified atom stereocenters. The number of nitrogens with one attached hydrogen (secondary N) is 1. The first-order valence-corrected chi connectivity index (χ1v) is 8.26. The summed E-state index contributed by atoms with van der Waals surface area (Å²) in [4.78, 5) is 25.1. The predicted molar refractivity (Wildman–Crippen MR) is 93.3 cm³/mol. The van der Waals surface area contributed by atoms with Gasteiger partial charge in [0.25, 0.3) is 5.91 Å². The lowest BCUT2D eigenvalue weighted by Gasteiger charge is -2.22. The van der Waals surface area contributed by atoms with E-state index >= 15 is 0 Å². The molecule has 2 aromatic rings. The number of benzene rings is 2. The van der Waals surface area contributed by atoms with E-state index in [0.29, 0.717) is 10.6 Å². The van der Waals surface area contributed by atoms with E-state index in [-0.39, 0.29) is 5.92 Å². The van der Waals surface area contributed by atoms with Crippen molar-refractivity contribution in [2.75, 3.05) is 0 Å². The van der Waals surface area contributed by atoms with E-state index in [2.05, 4.69) is 5.32 Å². The summed E-state index contributed by atoms with van der Waals surface area (Å²) in [6, 6.07) is 9.59. The second-order valence-corrected chi connectivity index (χ2v) is 6.55. The van der Waals surface area contributed by atoms with Crippen LogP contribution in [0.3, 0.4) is 0 Å². The third-order valence-electron chi connectivity index (χ3n) is 3.84. The quantitative estimate of drug-likeness (QED) is 0.739. The molecule has 1 N–H and O–H groups in total. The topological polar surface area (TPSA) is 46.2 Å². The van der Waals surface area contributed by atoms with Crippen molar-refractivity contribution in [1.82, 2.24) is 5.32 Å². The summed E-state index contributed by atoms with van der Waals surface area (Å²) in [6.45, 7) is 3.41. The van der Waals surface area contributed by atoms with E-state index in [1.807, 2.05) is 0 Å². The second-order valence-electron chi connectivity index (χ2n) is 6.11. The van der Waals surface area contributed by atoms with Gasteiger partial charge in [0.15, 0.2) is 5.78 Å². The molecule has 2 rings (SSSR count). The fourth-order valence-electron chi connectivity index (χ4n) is 2.48. The molecule has 0 bridgehead atoms. The van der Waals surface area contributed by atoms with Crippen molar-refractivity contribution in [1.29, 1.82) is 0 Å². The molecule has 1 amide bonds. The third kappa shape index (κ3) is 4.64. The van der Waals surface area contributed by atoms with Gasteiger partial charge in [-0.3, -0.25) is 9.59 Å². The fourth-order valence-corrected chi connectivity index (χ4v) is 2.60. The molecule has 0 radical (unpaired) electrons. The Labute approximate surface area is 154 Å². The van der Waals surface area contributed by atoms with Crippen LogP contribution in [0.2, 0.25) is 5.02 Å². The first-order chi connectivity index (χ1) is 12.1. The van der Waals surface area contributed by atoms with E-state index < -0.39 is 35.0 Å². The van der Waals surface area contributed by atoms with Crippen LogP contribution in [0, 0.1) is 5.92 Å². The van der Waals surface area contributed by atoms with Crippen LogP contribution in [-0.2, 0) is 6.18 Å². The molecule has 0 heterocycles.